The number of fused-ring (bicyclic) bond motifs is 1. The van der Waals surface area contributed by atoms with Crippen LogP contribution >= 0.6 is 0 Å². The molecule has 0 saturated carbocycles. The van der Waals surface area contributed by atoms with Crippen LogP contribution in [-0.4, -0.2) is 19.6 Å². The number of rotatable bonds is 9. The molecule has 0 aliphatic heterocycles. The summed E-state index contributed by atoms with van der Waals surface area (Å²) in [5.41, 5.74) is 9.49. The van der Waals surface area contributed by atoms with Crippen LogP contribution in [0.25, 0.3) is 83.9 Å². The van der Waals surface area contributed by atoms with Crippen LogP contribution < -0.4 is 0 Å². The second-order valence-electron chi connectivity index (χ2n) is 21.7. The standard InChI is InChI=1S/C67H71N3O/c1-41(2)48-37-55(42(3)4)63(71)58(38-48)64-69-62-54(49-34-50(36-53(35-49)67(12,13)14)59-39-47(31-32-68-59)44-23-27-51(28-24-44)65(6,7)8)21-18-22-60(62)70(64)61-33-43(5)56(40-57(61)45-19-16-15-17-20-45)46-25-29-52(30-26-46)66(9,10)11/h15-42,71H,1-14H3/i5D3,6D3,7D3,8D3. The highest BCUT2D eigenvalue weighted by Crippen LogP contribution is 2.46. The predicted molar refractivity (Wildman–Crippen MR) is 302 cm³/mol. The first-order valence-corrected chi connectivity index (χ1v) is 24.5. The Morgan fingerprint density at radius 3 is 1.79 bits per heavy atom. The summed E-state index contributed by atoms with van der Waals surface area (Å²) in [6, 6.07) is 47.4. The van der Waals surface area contributed by atoms with E-state index in [9.17, 15) is 5.11 Å². The van der Waals surface area contributed by atoms with Gasteiger partial charge in [-0.05, 0) is 150 Å². The van der Waals surface area contributed by atoms with Gasteiger partial charge >= 0.3 is 0 Å². The first kappa shape index (κ1) is 36.0. The van der Waals surface area contributed by atoms with E-state index < -0.39 is 32.8 Å². The maximum Gasteiger partial charge on any atom is 0.149 e. The van der Waals surface area contributed by atoms with Gasteiger partial charge in [-0.3, -0.25) is 9.55 Å². The molecule has 0 amide bonds. The largest absolute Gasteiger partial charge is 0.507 e. The van der Waals surface area contributed by atoms with Gasteiger partial charge in [0.05, 0.1) is 28.0 Å². The highest BCUT2D eigenvalue weighted by molar-refractivity contribution is 5.98. The highest BCUT2D eigenvalue weighted by atomic mass is 16.3. The summed E-state index contributed by atoms with van der Waals surface area (Å²) in [6.45, 7) is 8.38. The fourth-order valence-corrected chi connectivity index (χ4v) is 9.44. The molecule has 0 unspecified atom stereocenters. The third kappa shape index (κ3) is 9.74. The molecule has 0 aliphatic carbocycles. The maximum atomic E-state index is 12.6. The van der Waals surface area contributed by atoms with Crippen molar-refractivity contribution in [2.24, 2.45) is 0 Å². The molecular weight excluding hydrogens is 863 g/mol. The van der Waals surface area contributed by atoms with Gasteiger partial charge in [-0.15, -0.1) is 0 Å². The van der Waals surface area contributed by atoms with Crippen molar-refractivity contribution in [1.29, 1.82) is 0 Å². The fourth-order valence-electron chi connectivity index (χ4n) is 9.44. The van der Waals surface area contributed by atoms with E-state index in [0.29, 0.717) is 50.5 Å². The number of imidazole rings is 1. The zero-order valence-electron chi connectivity index (χ0n) is 54.5. The van der Waals surface area contributed by atoms with Crippen molar-refractivity contribution < 1.29 is 21.6 Å². The molecule has 0 atom stereocenters. The van der Waals surface area contributed by atoms with Crippen molar-refractivity contribution in [1.82, 2.24) is 14.5 Å². The third-order valence-corrected chi connectivity index (χ3v) is 13.7. The summed E-state index contributed by atoms with van der Waals surface area (Å²) in [4.78, 5) is 10.5. The topological polar surface area (TPSA) is 50.9 Å². The molecule has 0 bridgehead atoms. The number of aromatic hydroxyl groups is 1. The second kappa shape index (κ2) is 18.6. The average molecular weight is 946 g/mol. The molecule has 1 N–H and O–H groups in total. The Morgan fingerprint density at radius 2 is 1.15 bits per heavy atom. The van der Waals surface area contributed by atoms with Gasteiger partial charge in [0, 0.05) is 39.3 Å². The van der Waals surface area contributed by atoms with Crippen LogP contribution in [0.4, 0.5) is 0 Å². The Morgan fingerprint density at radius 1 is 0.507 bits per heavy atom. The van der Waals surface area contributed by atoms with Gasteiger partial charge in [0.15, 0.2) is 0 Å². The Labute approximate surface area is 440 Å². The second-order valence-corrected chi connectivity index (χ2v) is 21.7. The number of hydrogen-bond donors (Lipinski definition) is 1. The number of aromatic nitrogens is 3. The average Bonchev–Trinajstić information content (AvgIpc) is 1.87. The number of nitrogens with zero attached hydrogens (tertiary/aromatic N) is 3. The number of phenols is 1. The van der Waals surface area contributed by atoms with Crippen LogP contribution in [0.1, 0.15) is 151 Å². The van der Waals surface area contributed by atoms with Crippen molar-refractivity contribution >= 4 is 11.0 Å². The summed E-state index contributed by atoms with van der Waals surface area (Å²) in [6.07, 6.45) is 1.65. The van der Waals surface area contributed by atoms with Crippen LogP contribution in [0.3, 0.4) is 0 Å². The van der Waals surface area contributed by atoms with Gasteiger partial charge in [0.25, 0.3) is 0 Å². The lowest BCUT2D eigenvalue weighted by atomic mass is 9.83. The Balaban J connectivity index is 1.31. The van der Waals surface area contributed by atoms with Gasteiger partial charge in [0.2, 0.25) is 0 Å². The molecule has 0 radical (unpaired) electrons. The van der Waals surface area contributed by atoms with Gasteiger partial charge in [0.1, 0.15) is 11.6 Å². The van der Waals surface area contributed by atoms with E-state index in [1.807, 2.05) is 103 Å². The Bertz CT molecular complexity index is 3840. The minimum absolute atomic E-state index is 0.0550. The van der Waals surface area contributed by atoms with Gasteiger partial charge in [-0.25, -0.2) is 4.98 Å². The molecule has 2 heterocycles. The van der Waals surface area contributed by atoms with E-state index >= 15 is 0 Å². The van der Waals surface area contributed by atoms with Crippen molar-refractivity contribution in [3.05, 3.63) is 191 Å². The number of pyridine rings is 1. The quantitative estimate of drug-likeness (QED) is 0.157. The summed E-state index contributed by atoms with van der Waals surface area (Å²) >= 11 is 0. The number of aryl methyl sites for hydroxylation is 1. The molecule has 4 nitrogen and oxygen atoms in total. The Hall–Kier alpha value is -7.04. The molecule has 7 aromatic carbocycles. The van der Waals surface area contributed by atoms with Crippen molar-refractivity contribution in [2.45, 2.75) is 125 Å². The molecule has 9 rings (SSSR count). The number of para-hydroxylation sites is 1. The predicted octanol–water partition coefficient (Wildman–Crippen LogP) is 18.6. The first-order chi connectivity index (χ1) is 38.5. The normalized spacial score (nSPS) is 15.6. The van der Waals surface area contributed by atoms with Gasteiger partial charge in [-0.2, -0.15) is 0 Å². The van der Waals surface area contributed by atoms with Crippen LogP contribution in [0, 0.1) is 6.85 Å². The van der Waals surface area contributed by atoms with E-state index in [4.69, 9.17) is 26.4 Å². The van der Waals surface area contributed by atoms with Crippen LogP contribution in [-0.2, 0) is 16.2 Å². The summed E-state index contributed by atoms with van der Waals surface area (Å²) in [5.74, 6) is 0.534. The first-order valence-electron chi connectivity index (χ1n) is 30.5. The molecule has 360 valence electrons. The monoisotopic (exact) mass is 946 g/mol. The van der Waals surface area contributed by atoms with Gasteiger partial charge in [-0.1, -0.05) is 193 Å². The number of benzene rings is 7. The van der Waals surface area contributed by atoms with Crippen LogP contribution in [0.15, 0.2) is 158 Å². The lowest BCUT2D eigenvalue weighted by Gasteiger charge is -2.22. The molecule has 0 fully saturated rings. The molecule has 0 aliphatic rings. The fraction of sp³-hybridized carbons (Fsp3) is 0.284. The summed E-state index contributed by atoms with van der Waals surface area (Å²) in [7, 11) is 0. The molecular formula is C67H71N3O. The Kier molecular flexibility index (Phi) is 9.43. The van der Waals surface area contributed by atoms with Crippen LogP contribution in [0.2, 0.25) is 0 Å². The van der Waals surface area contributed by atoms with E-state index in [2.05, 4.69) is 85.7 Å². The molecule has 4 heteroatoms. The third-order valence-electron chi connectivity index (χ3n) is 13.7. The summed E-state index contributed by atoms with van der Waals surface area (Å²) < 4.78 is 104. The zero-order chi connectivity index (χ0) is 60.7. The number of hydrogen-bond acceptors (Lipinski definition) is 3. The molecule has 0 spiro atoms. The maximum absolute atomic E-state index is 12.6. The summed E-state index contributed by atoms with van der Waals surface area (Å²) in [5, 5.41) is 12.6. The molecule has 0 saturated heterocycles. The van der Waals surface area contributed by atoms with E-state index in [1.54, 1.807) is 30.5 Å². The molecule has 9 aromatic rings. The van der Waals surface area contributed by atoms with Crippen molar-refractivity contribution in [3.8, 4) is 78.6 Å². The minimum atomic E-state index is -3.40. The van der Waals surface area contributed by atoms with Crippen molar-refractivity contribution in [3.63, 3.8) is 0 Å². The van der Waals surface area contributed by atoms with Crippen molar-refractivity contribution in [2.75, 3.05) is 0 Å². The van der Waals surface area contributed by atoms with Gasteiger partial charge < -0.3 is 5.11 Å². The molecule has 71 heavy (non-hydrogen) atoms. The zero-order valence-corrected chi connectivity index (χ0v) is 42.5. The number of phenolic OH excluding ortho intramolecular Hbond substituents is 1. The SMILES string of the molecule is [2H]C([2H])([2H])c1cc(-n2c(-c3cc(C(C)C)cc(C(C)C)c3O)nc3c(-c4cc(-c5cc(-c6ccc(C(C([2H])([2H])[2H])(C([2H])([2H])[2H])C([2H])([2H])[2H])cc6)ccn5)cc(C(C)(C)C)c4)cccc32)c(-c2ccccc2)cc1-c1ccc(C(C)(C)C)cc1. The van der Waals surface area contributed by atoms with E-state index in [0.717, 1.165) is 55.6 Å². The van der Waals surface area contributed by atoms with Crippen LogP contribution in [0.5, 0.6) is 5.75 Å². The van der Waals surface area contributed by atoms with E-state index in [1.165, 1.54) is 12.1 Å². The lowest BCUT2D eigenvalue weighted by Crippen LogP contribution is -2.11. The smallest absolute Gasteiger partial charge is 0.149 e. The molecule has 2 aromatic heterocycles. The van der Waals surface area contributed by atoms with E-state index in [-0.39, 0.29) is 39.5 Å². The minimum Gasteiger partial charge on any atom is -0.507 e. The lowest BCUT2D eigenvalue weighted by molar-refractivity contribution is 0.466. The highest BCUT2D eigenvalue weighted by Gasteiger charge is 2.27.